The van der Waals surface area contributed by atoms with Crippen LogP contribution in [0, 0.1) is 11.3 Å². The van der Waals surface area contributed by atoms with E-state index in [0.29, 0.717) is 23.3 Å². The number of ether oxygens (including phenoxy) is 3. The lowest BCUT2D eigenvalue weighted by Gasteiger charge is -2.19. The fourth-order valence-corrected chi connectivity index (χ4v) is 4.34. The molecule has 0 spiro atoms. The molecule has 0 saturated carbocycles. The number of carbonyl (C=O) groups excluding carboxylic acids is 3. The summed E-state index contributed by atoms with van der Waals surface area (Å²) in [4.78, 5) is 41.1. The number of nitrogens with zero attached hydrogens (tertiary/aromatic N) is 3. The second-order valence-electron chi connectivity index (χ2n) is 9.15. The summed E-state index contributed by atoms with van der Waals surface area (Å²) in [6.07, 6.45) is -0.117. The van der Waals surface area contributed by atoms with Crippen LogP contribution in [0.4, 0.5) is 13.6 Å². The highest BCUT2D eigenvalue weighted by molar-refractivity contribution is 6.07. The zero-order valence-corrected chi connectivity index (χ0v) is 21.8. The van der Waals surface area contributed by atoms with Crippen LogP contribution in [0.25, 0.3) is 22.0 Å². The average Bonchev–Trinajstić information content (AvgIpc) is 3.29. The molecule has 1 aliphatic heterocycles. The highest BCUT2D eigenvalue weighted by atomic mass is 19.3. The van der Waals surface area contributed by atoms with Crippen LogP contribution in [0.3, 0.4) is 0 Å². The van der Waals surface area contributed by atoms with Gasteiger partial charge in [0.15, 0.2) is 0 Å². The first-order valence-electron chi connectivity index (χ1n) is 12.6. The van der Waals surface area contributed by atoms with Gasteiger partial charge in [0.25, 0.3) is 11.8 Å². The predicted octanol–water partition coefficient (Wildman–Crippen LogP) is 2.88. The van der Waals surface area contributed by atoms with E-state index in [-0.39, 0.29) is 25.4 Å². The summed E-state index contributed by atoms with van der Waals surface area (Å²) < 4.78 is 42.9. The first kappa shape index (κ1) is 29.2. The number of hydrogen-bond donors (Lipinski definition) is 2. The van der Waals surface area contributed by atoms with Gasteiger partial charge < -0.3 is 30.2 Å². The molecule has 4 rings (SSSR count). The van der Waals surface area contributed by atoms with Crippen molar-refractivity contribution in [2.75, 3.05) is 39.5 Å². The first-order chi connectivity index (χ1) is 19.7. The Balaban J connectivity index is 1.37. The molecule has 0 unspecified atom stereocenters. The molecule has 2 heterocycles. The Labute approximate surface area is 233 Å². The molecule has 41 heavy (non-hydrogen) atoms. The molecule has 13 heteroatoms. The summed E-state index contributed by atoms with van der Waals surface area (Å²) in [5, 5.41) is 12.1. The third-order valence-electron chi connectivity index (χ3n) is 6.28. The minimum absolute atomic E-state index is 0.0651. The number of amides is 3. The van der Waals surface area contributed by atoms with Crippen molar-refractivity contribution in [3.8, 4) is 22.9 Å². The number of pyridine rings is 1. The number of nitriles is 1. The maximum Gasteiger partial charge on any atom is 0.404 e. The topological polar surface area (TPSA) is 157 Å². The van der Waals surface area contributed by atoms with Gasteiger partial charge in [-0.3, -0.25) is 14.6 Å². The normalized spacial score (nSPS) is 15.7. The largest absolute Gasteiger partial charge is 0.491 e. The Morgan fingerprint density at radius 3 is 2.54 bits per heavy atom. The van der Waals surface area contributed by atoms with Crippen molar-refractivity contribution in [2.24, 2.45) is 5.73 Å². The van der Waals surface area contributed by atoms with Crippen LogP contribution in [0.1, 0.15) is 16.8 Å². The number of primary amides is 1. The summed E-state index contributed by atoms with van der Waals surface area (Å²) in [5.41, 5.74) is 7.33. The van der Waals surface area contributed by atoms with Gasteiger partial charge in [0.05, 0.1) is 43.5 Å². The van der Waals surface area contributed by atoms with Crippen molar-refractivity contribution in [3.63, 3.8) is 0 Å². The molecule has 3 aromatic rings. The van der Waals surface area contributed by atoms with Crippen LogP contribution >= 0.6 is 0 Å². The number of nitrogens with one attached hydrogen (secondary N) is 1. The fraction of sp³-hybridized carbons (Fsp3) is 0.321. The van der Waals surface area contributed by atoms with E-state index in [4.69, 9.17) is 20.5 Å². The smallest absolute Gasteiger partial charge is 0.404 e. The number of aromatic nitrogens is 1. The average molecular weight is 568 g/mol. The number of benzene rings is 2. The minimum Gasteiger partial charge on any atom is -0.491 e. The molecule has 3 N–H and O–H groups in total. The Morgan fingerprint density at radius 1 is 1.07 bits per heavy atom. The third-order valence-corrected chi connectivity index (χ3v) is 6.28. The molecule has 1 aromatic heterocycles. The molecule has 0 bridgehead atoms. The molecule has 3 amide bonds. The minimum atomic E-state index is -3.14. The quantitative estimate of drug-likeness (QED) is 0.335. The van der Waals surface area contributed by atoms with E-state index in [1.54, 1.807) is 30.3 Å². The molecule has 1 saturated heterocycles. The van der Waals surface area contributed by atoms with Gasteiger partial charge in [0, 0.05) is 18.0 Å². The Hall–Kier alpha value is -4.83. The monoisotopic (exact) mass is 567 g/mol. The van der Waals surface area contributed by atoms with Crippen molar-refractivity contribution in [2.45, 2.75) is 18.4 Å². The molecule has 0 radical (unpaired) electrons. The molecule has 214 valence electrons. The molecule has 2 aromatic carbocycles. The van der Waals surface area contributed by atoms with E-state index in [1.165, 1.54) is 12.3 Å². The van der Waals surface area contributed by atoms with E-state index < -0.39 is 49.4 Å². The number of fused-ring (bicyclic) bond motifs is 1. The molecule has 1 atom stereocenters. The molecule has 11 nitrogen and oxygen atoms in total. The number of rotatable bonds is 11. The van der Waals surface area contributed by atoms with Gasteiger partial charge in [0.2, 0.25) is 5.91 Å². The fourth-order valence-electron chi connectivity index (χ4n) is 4.34. The number of likely N-dealkylation sites (tertiary alicyclic amines) is 1. The standard InChI is InChI=1S/C28H27F2N5O6/c29-28(30)14-20(15-31)35(17-28)25(36)16-34-26(37)22-7-8-33-24-6-3-19(13-23(22)24)18-1-4-21(5-2-18)40-11-9-39-10-12-41-27(32)38/h1-8,13,20H,9-12,14,16-17H2,(H2,32,38)(H,34,37)/t20-/m0/s1. The molecule has 1 aliphatic rings. The van der Waals surface area contributed by atoms with E-state index in [9.17, 15) is 23.2 Å². The summed E-state index contributed by atoms with van der Waals surface area (Å²) in [5.74, 6) is -3.85. The van der Waals surface area contributed by atoms with Gasteiger partial charge in [-0.15, -0.1) is 0 Å². The lowest BCUT2D eigenvalue weighted by atomic mass is 10.0. The van der Waals surface area contributed by atoms with Gasteiger partial charge in [-0.2, -0.15) is 5.26 Å². The first-order valence-corrected chi connectivity index (χ1v) is 12.6. The van der Waals surface area contributed by atoms with Crippen LogP contribution in [-0.2, 0) is 14.3 Å². The van der Waals surface area contributed by atoms with Gasteiger partial charge >= 0.3 is 6.09 Å². The van der Waals surface area contributed by atoms with Gasteiger partial charge in [0.1, 0.15) is 25.0 Å². The van der Waals surface area contributed by atoms with Crippen LogP contribution in [-0.4, -0.2) is 79.3 Å². The number of alkyl halides is 2. The maximum absolute atomic E-state index is 13.7. The van der Waals surface area contributed by atoms with Gasteiger partial charge in [-0.05, 0) is 41.5 Å². The summed E-state index contributed by atoms with van der Waals surface area (Å²) in [6.45, 7) is -0.526. The highest BCUT2D eigenvalue weighted by Crippen LogP contribution is 2.32. The van der Waals surface area contributed by atoms with Gasteiger partial charge in [-0.1, -0.05) is 18.2 Å². The predicted molar refractivity (Wildman–Crippen MR) is 142 cm³/mol. The third kappa shape index (κ3) is 7.64. The van der Waals surface area contributed by atoms with Crippen molar-refractivity contribution < 1.29 is 37.4 Å². The zero-order chi connectivity index (χ0) is 29.4. The van der Waals surface area contributed by atoms with Crippen molar-refractivity contribution in [1.82, 2.24) is 15.2 Å². The van der Waals surface area contributed by atoms with Crippen LogP contribution in [0.2, 0.25) is 0 Å². The van der Waals surface area contributed by atoms with E-state index in [0.717, 1.165) is 16.0 Å². The van der Waals surface area contributed by atoms with Crippen molar-refractivity contribution in [1.29, 1.82) is 5.26 Å². The SMILES string of the molecule is N#C[C@@H]1CC(F)(F)CN1C(=O)CNC(=O)c1ccnc2ccc(-c3ccc(OCCOCCOC(N)=O)cc3)cc12. The number of hydrogen-bond acceptors (Lipinski definition) is 8. The van der Waals surface area contributed by atoms with Crippen LogP contribution in [0.5, 0.6) is 5.75 Å². The van der Waals surface area contributed by atoms with E-state index in [2.05, 4.69) is 15.0 Å². The second kappa shape index (κ2) is 13.0. The number of carbonyl (C=O) groups is 3. The lowest BCUT2D eigenvalue weighted by molar-refractivity contribution is -0.131. The van der Waals surface area contributed by atoms with Crippen molar-refractivity contribution in [3.05, 3.63) is 60.3 Å². The summed E-state index contributed by atoms with van der Waals surface area (Å²) in [6, 6.07) is 14.7. The summed E-state index contributed by atoms with van der Waals surface area (Å²) in [7, 11) is 0. The highest BCUT2D eigenvalue weighted by Gasteiger charge is 2.47. The maximum atomic E-state index is 13.7. The second-order valence-corrected chi connectivity index (χ2v) is 9.15. The zero-order valence-electron chi connectivity index (χ0n) is 21.8. The van der Waals surface area contributed by atoms with Crippen LogP contribution < -0.4 is 15.8 Å². The Morgan fingerprint density at radius 2 is 1.80 bits per heavy atom. The van der Waals surface area contributed by atoms with E-state index >= 15 is 0 Å². The van der Waals surface area contributed by atoms with Crippen LogP contribution in [0.15, 0.2) is 54.7 Å². The van der Waals surface area contributed by atoms with Gasteiger partial charge in [-0.25, -0.2) is 13.6 Å². The lowest BCUT2D eigenvalue weighted by Crippen LogP contribution is -2.43. The molecule has 0 aliphatic carbocycles. The molecular formula is C28H27F2N5O6. The number of halogens is 2. The van der Waals surface area contributed by atoms with E-state index in [1.807, 2.05) is 18.2 Å². The molecule has 1 fully saturated rings. The Kier molecular flexibility index (Phi) is 9.26. The Bertz CT molecular complexity index is 1460. The number of nitrogens with two attached hydrogens (primary N) is 1. The summed E-state index contributed by atoms with van der Waals surface area (Å²) >= 11 is 0. The molecular weight excluding hydrogens is 540 g/mol. The van der Waals surface area contributed by atoms with Crippen molar-refractivity contribution >= 4 is 28.8 Å².